The second kappa shape index (κ2) is 7.71. The lowest BCUT2D eigenvalue weighted by Crippen LogP contribution is -2.20. The van der Waals surface area contributed by atoms with Crippen LogP contribution in [0.2, 0.25) is 0 Å². The van der Waals surface area contributed by atoms with Crippen molar-refractivity contribution in [1.82, 2.24) is 5.32 Å². The summed E-state index contributed by atoms with van der Waals surface area (Å²) in [6.07, 6.45) is 0.891. The smallest absolute Gasteiger partial charge is 0.337 e. The quantitative estimate of drug-likeness (QED) is 0.824. The molecular weight excluding hydrogens is 281 g/mol. The molecule has 0 heterocycles. The van der Waals surface area contributed by atoms with Gasteiger partial charge < -0.3 is 10.1 Å². The van der Waals surface area contributed by atoms with E-state index in [0.29, 0.717) is 12.1 Å². The molecule has 0 aliphatic rings. The highest BCUT2D eigenvalue weighted by molar-refractivity contribution is 5.89. The lowest BCUT2D eigenvalue weighted by Gasteiger charge is -2.17. The fourth-order valence-electron chi connectivity index (χ4n) is 2.36. The van der Waals surface area contributed by atoms with E-state index in [-0.39, 0.29) is 17.8 Å². The monoisotopic (exact) mass is 301 g/mol. The van der Waals surface area contributed by atoms with Gasteiger partial charge in [0.1, 0.15) is 5.82 Å². The topological polar surface area (TPSA) is 38.3 Å². The van der Waals surface area contributed by atoms with Crippen LogP contribution in [-0.4, -0.2) is 13.1 Å². The Bertz CT molecular complexity index is 625. The van der Waals surface area contributed by atoms with Gasteiger partial charge in [-0.15, -0.1) is 0 Å². The number of benzene rings is 2. The maximum atomic E-state index is 13.0. The van der Waals surface area contributed by atoms with Gasteiger partial charge in [0.25, 0.3) is 0 Å². The summed E-state index contributed by atoms with van der Waals surface area (Å²) in [5, 5.41) is 3.43. The predicted octanol–water partition coefficient (Wildman–Crippen LogP) is 3.85. The van der Waals surface area contributed by atoms with Crippen molar-refractivity contribution >= 4 is 5.97 Å². The largest absolute Gasteiger partial charge is 0.465 e. The molecule has 2 aromatic carbocycles. The van der Waals surface area contributed by atoms with Crippen molar-refractivity contribution in [2.75, 3.05) is 7.11 Å². The molecule has 3 nitrogen and oxygen atoms in total. The van der Waals surface area contributed by atoms with Crippen LogP contribution in [0.1, 0.15) is 40.9 Å². The van der Waals surface area contributed by atoms with Gasteiger partial charge in [-0.3, -0.25) is 0 Å². The summed E-state index contributed by atoms with van der Waals surface area (Å²) < 4.78 is 17.7. The molecule has 1 N–H and O–H groups in total. The number of ether oxygens (including phenoxy) is 1. The number of carbonyl (C=O) groups is 1. The Labute approximate surface area is 130 Å². The molecule has 0 radical (unpaired) electrons. The van der Waals surface area contributed by atoms with E-state index in [1.54, 1.807) is 18.2 Å². The second-order valence-corrected chi connectivity index (χ2v) is 5.09. The van der Waals surface area contributed by atoms with Crippen molar-refractivity contribution in [3.63, 3.8) is 0 Å². The highest BCUT2D eigenvalue weighted by Gasteiger charge is 2.10. The lowest BCUT2D eigenvalue weighted by molar-refractivity contribution is 0.0600. The number of nitrogens with one attached hydrogen (secondary N) is 1. The van der Waals surface area contributed by atoms with Gasteiger partial charge in [-0.1, -0.05) is 31.2 Å². The van der Waals surface area contributed by atoms with Gasteiger partial charge in [-0.25, -0.2) is 9.18 Å². The maximum Gasteiger partial charge on any atom is 0.337 e. The summed E-state index contributed by atoms with van der Waals surface area (Å²) in [6, 6.07) is 14.0. The van der Waals surface area contributed by atoms with E-state index in [4.69, 9.17) is 4.74 Å². The number of methoxy groups -OCH3 is 1. The van der Waals surface area contributed by atoms with Crippen molar-refractivity contribution in [2.24, 2.45) is 0 Å². The van der Waals surface area contributed by atoms with Gasteiger partial charge in [-0.2, -0.15) is 0 Å². The van der Waals surface area contributed by atoms with Crippen molar-refractivity contribution in [3.05, 3.63) is 71.0 Å². The molecule has 0 unspecified atom stereocenters. The fraction of sp³-hybridized carbons (Fsp3) is 0.278. The Balaban J connectivity index is 2.04. The molecule has 0 saturated carbocycles. The molecule has 1 atom stereocenters. The summed E-state index contributed by atoms with van der Waals surface area (Å²) in [7, 11) is 1.37. The van der Waals surface area contributed by atoms with Gasteiger partial charge in [0.05, 0.1) is 12.7 Å². The number of carbonyl (C=O) groups excluding carboxylic acids is 1. The van der Waals surface area contributed by atoms with Gasteiger partial charge in [0.2, 0.25) is 0 Å². The zero-order valence-electron chi connectivity index (χ0n) is 12.8. The summed E-state index contributed by atoms with van der Waals surface area (Å²) in [6.45, 7) is 2.70. The number of hydrogen-bond donors (Lipinski definition) is 1. The van der Waals surface area contributed by atoms with E-state index in [2.05, 4.69) is 12.2 Å². The van der Waals surface area contributed by atoms with Crippen LogP contribution >= 0.6 is 0 Å². The molecule has 2 aromatic rings. The van der Waals surface area contributed by atoms with Crippen molar-refractivity contribution in [2.45, 2.75) is 25.9 Å². The first-order chi connectivity index (χ1) is 10.6. The lowest BCUT2D eigenvalue weighted by atomic mass is 10.0. The predicted molar refractivity (Wildman–Crippen MR) is 84.1 cm³/mol. The summed E-state index contributed by atoms with van der Waals surface area (Å²) in [5.41, 5.74) is 2.59. The van der Waals surface area contributed by atoms with Gasteiger partial charge in [-0.05, 0) is 41.8 Å². The van der Waals surface area contributed by atoms with Crippen LogP contribution in [0.15, 0.2) is 48.5 Å². The minimum atomic E-state index is -0.340. The molecule has 0 fully saturated rings. The first kappa shape index (κ1) is 16.2. The molecule has 0 aromatic heterocycles. The highest BCUT2D eigenvalue weighted by atomic mass is 19.1. The molecule has 0 spiro atoms. The number of rotatable bonds is 6. The number of esters is 1. The van der Waals surface area contributed by atoms with Crippen LogP contribution in [0.5, 0.6) is 0 Å². The number of halogens is 1. The Kier molecular flexibility index (Phi) is 5.67. The minimum Gasteiger partial charge on any atom is -0.465 e. The molecule has 2 rings (SSSR count). The molecule has 0 aliphatic carbocycles. The average Bonchev–Trinajstić information content (AvgIpc) is 2.56. The zero-order chi connectivity index (χ0) is 15.9. The maximum absolute atomic E-state index is 13.0. The van der Waals surface area contributed by atoms with Crippen LogP contribution in [0.3, 0.4) is 0 Å². The van der Waals surface area contributed by atoms with Crippen LogP contribution in [0, 0.1) is 5.82 Å². The average molecular weight is 301 g/mol. The molecule has 0 aliphatic heterocycles. The minimum absolute atomic E-state index is 0.141. The Morgan fingerprint density at radius 2 is 1.95 bits per heavy atom. The van der Waals surface area contributed by atoms with Gasteiger partial charge in [0.15, 0.2) is 0 Å². The Hall–Kier alpha value is -2.20. The molecule has 0 amide bonds. The van der Waals surface area contributed by atoms with Crippen LogP contribution < -0.4 is 5.32 Å². The summed E-state index contributed by atoms with van der Waals surface area (Å²) in [4.78, 5) is 11.5. The highest BCUT2D eigenvalue weighted by Crippen LogP contribution is 2.18. The summed E-state index contributed by atoms with van der Waals surface area (Å²) >= 11 is 0. The third kappa shape index (κ3) is 4.15. The first-order valence-corrected chi connectivity index (χ1v) is 7.30. The van der Waals surface area contributed by atoms with E-state index < -0.39 is 0 Å². The van der Waals surface area contributed by atoms with E-state index in [0.717, 1.165) is 17.5 Å². The standard InChI is InChI=1S/C18H20FNO2/c1-3-17(14-7-9-16(19)10-8-14)20-12-13-5-4-6-15(11-13)18(21)22-2/h4-11,17,20H,3,12H2,1-2H3/t17-/m1/s1. The van der Waals surface area contributed by atoms with Crippen LogP contribution in [0.4, 0.5) is 4.39 Å². The number of hydrogen-bond acceptors (Lipinski definition) is 3. The molecular formula is C18H20FNO2. The van der Waals surface area contributed by atoms with Gasteiger partial charge in [0, 0.05) is 12.6 Å². The van der Waals surface area contributed by atoms with Crippen LogP contribution in [0.25, 0.3) is 0 Å². The van der Waals surface area contributed by atoms with E-state index in [1.165, 1.54) is 19.2 Å². The third-order valence-electron chi connectivity index (χ3n) is 3.58. The Morgan fingerprint density at radius 3 is 2.59 bits per heavy atom. The van der Waals surface area contributed by atoms with Crippen molar-refractivity contribution in [1.29, 1.82) is 0 Å². The Morgan fingerprint density at radius 1 is 1.23 bits per heavy atom. The van der Waals surface area contributed by atoms with E-state index in [9.17, 15) is 9.18 Å². The molecule has 0 bridgehead atoms. The van der Waals surface area contributed by atoms with E-state index in [1.807, 2.05) is 18.2 Å². The molecule has 4 heteroatoms. The summed E-state index contributed by atoms with van der Waals surface area (Å²) in [5.74, 6) is -0.572. The second-order valence-electron chi connectivity index (χ2n) is 5.09. The normalized spacial score (nSPS) is 12.0. The van der Waals surface area contributed by atoms with Crippen molar-refractivity contribution in [3.8, 4) is 0 Å². The zero-order valence-corrected chi connectivity index (χ0v) is 12.8. The van der Waals surface area contributed by atoms with Crippen LogP contribution in [-0.2, 0) is 11.3 Å². The molecule has 0 saturated heterocycles. The molecule has 116 valence electrons. The molecule has 22 heavy (non-hydrogen) atoms. The SMILES string of the molecule is CC[C@@H](NCc1cccc(C(=O)OC)c1)c1ccc(F)cc1. The fourth-order valence-corrected chi connectivity index (χ4v) is 2.36. The first-order valence-electron chi connectivity index (χ1n) is 7.30. The third-order valence-corrected chi connectivity index (χ3v) is 3.58. The van der Waals surface area contributed by atoms with Gasteiger partial charge >= 0.3 is 5.97 Å². The van der Waals surface area contributed by atoms with Crippen molar-refractivity contribution < 1.29 is 13.9 Å². The van der Waals surface area contributed by atoms with E-state index >= 15 is 0 Å².